The van der Waals surface area contributed by atoms with E-state index in [2.05, 4.69) is 20.6 Å². The lowest BCUT2D eigenvalue weighted by Gasteiger charge is -2.42. The van der Waals surface area contributed by atoms with Crippen molar-refractivity contribution in [3.63, 3.8) is 0 Å². The lowest BCUT2D eigenvalue weighted by molar-refractivity contribution is -0.134. The van der Waals surface area contributed by atoms with Crippen LogP contribution in [0.1, 0.15) is 55.3 Å². The second-order valence-electron chi connectivity index (χ2n) is 11.7. The van der Waals surface area contributed by atoms with Gasteiger partial charge in [0.25, 0.3) is 5.91 Å². The van der Waals surface area contributed by atoms with Crippen LogP contribution >= 0.6 is 0 Å². The molecule has 7 rings (SSSR count). The fourth-order valence-corrected chi connectivity index (χ4v) is 7.35. The molecule has 0 radical (unpaired) electrons. The van der Waals surface area contributed by atoms with Gasteiger partial charge in [0.05, 0.1) is 28.2 Å². The van der Waals surface area contributed by atoms with E-state index in [0.717, 1.165) is 49.6 Å². The molecule has 0 saturated heterocycles. The number of anilines is 2. The molecule has 0 spiro atoms. The minimum absolute atomic E-state index is 0.0224. The Balaban J connectivity index is 1.07. The number of hydrogen-bond donors (Lipinski definition) is 4. The van der Waals surface area contributed by atoms with E-state index >= 15 is 0 Å². The van der Waals surface area contributed by atoms with Crippen LogP contribution in [-0.4, -0.2) is 37.5 Å². The van der Waals surface area contributed by atoms with Crippen LogP contribution in [0, 0.1) is 17.3 Å². The van der Waals surface area contributed by atoms with Crippen LogP contribution in [0.25, 0.3) is 22.4 Å². The standard InChI is InChI=1S/C31H31N5O3/c37-28(20-5-2-1-3-6-20)33-23-10-8-19(9-11-23)27-34-24-13-26(32-17-25(24)35-27)36-29(38)30-14-21-7-4-12-31(39,18-30)16-22(21)15-30/h1-3,5-6,8-11,13,17,21-22,39H,4,7,12,14-16,18H2,(H,33,37)(H,34,35)(H,32,36,38). The number of fused-ring (bicyclic) bond motifs is 3. The number of H-pyrrole nitrogens is 1. The number of aliphatic hydroxyl groups is 1. The summed E-state index contributed by atoms with van der Waals surface area (Å²) in [6.45, 7) is 0. The topological polar surface area (TPSA) is 120 Å². The highest BCUT2D eigenvalue weighted by atomic mass is 16.3. The number of nitrogens with zero attached hydrogens (tertiary/aromatic N) is 2. The maximum Gasteiger partial charge on any atom is 0.255 e. The SMILES string of the molecule is O=C(Nc1ccc(-c2nc3cc(NC(=O)C45CC6CCCC(O)(CC6C4)C5)ncc3[nH]2)cc1)c1ccccc1. The van der Waals surface area contributed by atoms with Crippen molar-refractivity contribution in [2.75, 3.05) is 10.6 Å². The van der Waals surface area contributed by atoms with Crippen LogP contribution in [0.5, 0.6) is 0 Å². The third-order valence-electron chi connectivity index (χ3n) is 9.04. The van der Waals surface area contributed by atoms with E-state index in [0.29, 0.717) is 46.7 Å². The van der Waals surface area contributed by atoms with Crippen LogP contribution < -0.4 is 10.6 Å². The maximum absolute atomic E-state index is 13.6. The largest absolute Gasteiger partial charge is 0.390 e. The molecule has 3 saturated carbocycles. The van der Waals surface area contributed by atoms with Crippen LogP contribution in [0.2, 0.25) is 0 Å². The Morgan fingerprint density at radius 3 is 2.59 bits per heavy atom. The average Bonchev–Trinajstić information content (AvgIpc) is 3.44. The normalized spacial score (nSPS) is 27.3. The van der Waals surface area contributed by atoms with Gasteiger partial charge in [-0.15, -0.1) is 0 Å². The van der Waals surface area contributed by atoms with E-state index in [1.807, 2.05) is 42.5 Å². The van der Waals surface area contributed by atoms with Crippen LogP contribution in [-0.2, 0) is 4.79 Å². The van der Waals surface area contributed by atoms with Gasteiger partial charge in [0.1, 0.15) is 11.6 Å². The average molecular weight is 522 g/mol. The van der Waals surface area contributed by atoms with E-state index in [1.165, 1.54) is 0 Å². The molecule has 3 fully saturated rings. The third kappa shape index (κ3) is 4.38. The fraction of sp³-hybridized carbons (Fsp3) is 0.355. The first-order valence-electron chi connectivity index (χ1n) is 13.7. The Morgan fingerprint density at radius 2 is 1.77 bits per heavy atom. The highest BCUT2D eigenvalue weighted by Crippen LogP contribution is 2.61. The van der Waals surface area contributed by atoms with Crippen molar-refractivity contribution < 1.29 is 14.7 Å². The third-order valence-corrected chi connectivity index (χ3v) is 9.04. The Hall–Kier alpha value is -4.04. The smallest absolute Gasteiger partial charge is 0.255 e. The number of carbonyl (C=O) groups excluding carboxylic acids is 2. The summed E-state index contributed by atoms with van der Waals surface area (Å²) < 4.78 is 0. The molecule has 2 heterocycles. The summed E-state index contributed by atoms with van der Waals surface area (Å²) in [5.41, 5.74) is 2.42. The Bertz CT molecular complexity index is 1570. The zero-order valence-electron chi connectivity index (χ0n) is 21.6. The van der Waals surface area contributed by atoms with Gasteiger partial charge in [-0.05, 0) is 80.3 Å². The van der Waals surface area contributed by atoms with Crippen molar-refractivity contribution in [2.45, 2.75) is 50.5 Å². The quantitative estimate of drug-likeness (QED) is 0.275. The molecule has 8 nitrogen and oxygen atoms in total. The molecule has 2 aromatic heterocycles. The first-order chi connectivity index (χ1) is 18.9. The van der Waals surface area contributed by atoms with E-state index in [-0.39, 0.29) is 11.8 Å². The van der Waals surface area contributed by atoms with E-state index in [1.54, 1.807) is 24.4 Å². The molecule has 39 heavy (non-hydrogen) atoms. The summed E-state index contributed by atoms with van der Waals surface area (Å²) in [6, 6.07) is 18.4. The molecule has 3 aliphatic carbocycles. The summed E-state index contributed by atoms with van der Waals surface area (Å²) in [5, 5.41) is 17.2. The lowest BCUT2D eigenvalue weighted by Crippen LogP contribution is -2.46. The molecular formula is C31H31N5O3. The Labute approximate surface area is 226 Å². The molecule has 3 aliphatic rings. The van der Waals surface area contributed by atoms with Gasteiger partial charge >= 0.3 is 0 Å². The number of hydrogen-bond acceptors (Lipinski definition) is 5. The van der Waals surface area contributed by atoms with Gasteiger partial charge in [0.2, 0.25) is 5.91 Å². The van der Waals surface area contributed by atoms with Crippen molar-refractivity contribution in [3.05, 3.63) is 72.4 Å². The molecule has 4 aromatic rings. The van der Waals surface area contributed by atoms with Crippen molar-refractivity contribution in [1.82, 2.24) is 15.0 Å². The highest BCUT2D eigenvalue weighted by molar-refractivity contribution is 6.04. The second-order valence-corrected chi connectivity index (χ2v) is 11.7. The summed E-state index contributed by atoms with van der Waals surface area (Å²) >= 11 is 0. The van der Waals surface area contributed by atoms with Crippen molar-refractivity contribution in [2.24, 2.45) is 17.3 Å². The molecular weight excluding hydrogens is 490 g/mol. The Kier molecular flexibility index (Phi) is 5.56. The molecule has 8 heteroatoms. The predicted molar refractivity (Wildman–Crippen MR) is 149 cm³/mol. The first-order valence-corrected chi connectivity index (χ1v) is 13.7. The summed E-state index contributed by atoms with van der Waals surface area (Å²) in [6.07, 6.45) is 7.78. The molecule has 4 N–H and O–H groups in total. The lowest BCUT2D eigenvalue weighted by atomic mass is 9.67. The van der Waals surface area contributed by atoms with Crippen LogP contribution in [0.15, 0.2) is 66.9 Å². The molecule has 0 aliphatic heterocycles. The number of aromatic amines is 1. The minimum Gasteiger partial charge on any atom is -0.390 e. The van der Waals surface area contributed by atoms with Gasteiger partial charge in [-0.3, -0.25) is 9.59 Å². The van der Waals surface area contributed by atoms with E-state index < -0.39 is 11.0 Å². The van der Waals surface area contributed by atoms with Crippen molar-refractivity contribution in [1.29, 1.82) is 0 Å². The van der Waals surface area contributed by atoms with Gasteiger partial charge < -0.3 is 20.7 Å². The highest BCUT2D eigenvalue weighted by Gasteiger charge is 2.59. The van der Waals surface area contributed by atoms with Gasteiger partial charge in [-0.25, -0.2) is 9.97 Å². The monoisotopic (exact) mass is 521 g/mol. The number of amides is 2. The maximum atomic E-state index is 13.6. The number of imidazole rings is 1. The first kappa shape index (κ1) is 24.0. The number of pyridine rings is 1. The van der Waals surface area contributed by atoms with Gasteiger partial charge in [0.15, 0.2) is 0 Å². The Morgan fingerprint density at radius 1 is 0.974 bits per heavy atom. The molecule has 2 aromatic carbocycles. The van der Waals surface area contributed by atoms with E-state index in [4.69, 9.17) is 4.98 Å². The zero-order chi connectivity index (χ0) is 26.6. The molecule has 4 unspecified atom stereocenters. The number of carbonyl (C=O) groups is 2. The second kappa shape index (κ2) is 9.02. The van der Waals surface area contributed by atoms with Crippen LogP contribution in [0.4, 0.5) is 11.5 Å². The van der Waals surface area contributed by atoms with Gasteiger partial charge in [-0.1, -0.05) is 31.0 Å². The zero-order valence-corrected chi connectivity index (χ0v) is 21.6. The summed E-state index contributed by atoms with van der Waals surface area (Å²) in [5.74, 6) is 1.95. The number of nitrogens with one attached hydrogen (secondary N) is 3. The van der Waals surface area contributed by atoms with Crippen LogP contribution in [0.3, 0.4) is 0 Å². The number of rotatable bonds is 5. The molecule has 198 valence electrons. The van der Waals surface area contributed by atoms with Crippen molar-refractivity contribution in [3.8, 4) is 11.4 Å². The van der Waals surface area contributed by atoms with Gasteiger partial charge in [-0.2, -0.15) is 0 Å². The van der Waals surface area contributed by atoms with E-state index in [9.17, 15) is 14.7 Å². The molecule has 3 bridgehead atoms. The van der Waals surface area contributed by atoms with Crippen molar-refractivity contribution >= 4 is 34.4 Å². The fourth-order valence-electron chi connectivity index (χ4n) is 7.35. The summed E-state index contributed by atoms with van der Waals surface area (Å²) in [4.78, 5) is 38.5. The van der Waals surface area contributed by atoms with Gasteiger partial charge in [0, 0.05) is 22.9 Å². The predicted octanol–water partition coefficient (Wildman–Crippen LogP) is 5.54. The number of aromatic nitrogens is 3. The molecule has 2 amide bonds. The summed E-state index contributed by atoms with van der Waals surface area (Å²) in [7, 11) is 0. The molecule has 4 atom stereocenters. The minimum atomic E-state index is -0.708. The number of benzene rings is 2.